The lowest BCUT2D eigenvalue weighted by atomic mass is 10.0. The van der Waals surface area contributed by atoms with E-state index in [9.17, 15) is 9.59 Å². The zero-order chi connectivity index (χ0) is 15.9. The Labute approximate surface area is 128 Å². The molecule has 0 bridgehead atoms. The summed E-state index contributed by atoms with van der Waals surface area (Å²) < 4.78 is 5.22. The van der Waals surface area contributed by atoms with Crippen molar-refractivity contribution < 1.29 is 19.4 Å². The quantitative estimate of drug-likeness (QED) is 0.632. The Morgan fingerprint density at radius 1 is 1.09 bits per heavy atom. The highest BCUT2D eigenvalue weighted by molar-refractivity contribution is 5.90. The second-order valence-corrected chi connectivity index (χ2v) is 4.87. The molecule has 22 heavy (non-hydrogen) atoms. The van der Waals surface area contributed by atoms with Gasteiger partial charge in [-0.1, -0.05) is 36.4 Å². The monoisotopic (exact) mass is 299 g/mol. The molecule has 2 rings (SSSR count). The van der Waals surface area contributed by atoms with Gasteiger partial charge in [0.25, 0.3) is 0 Å². The van der Waals surface area contributed by atoms with E-state index in [4.69, 9.17) is 15.6 Å². The number of carbonyl (C=O) groups excluding carboxylic acids is 1. The van der Waals surface area contributed by atoms with E-state index in [1.165, 1.54) is 6.07 Å². The summed E-state index contributed by atoms with van der Waals surface area (Å²) in [4.78, 5) is 22.5. The van der Waals surface area contributed by atoms with Gasteiger partial charge in [0.15, 0.2) is 0 Å². The summed E-state index contributed by atoms with van der Waals surface area (Å²) in [6.45, 7) is 0.195. The minimum atomic E-state index is -0.884. The predicted molar refractivity (Wildman–Crippen MR) is 82.4 cm³/mol. The first-order chi connectivity index (χ1) is 10.6. The maximum absolute atomic E-state index is 12.0. The SMILES string of the molecule is Nc1cc(C(=O)OCc2ccccc2)ccc1CCC(=O)O. The minimum absolute atomic E-state index is 0.00198. The highest BCUT2D eigenvalue weighted by Gasteiger charge is 2.10. The van der Waals surface area contributed by atoms with Gasteiger partial charge in [0, 0.05) is 12.1 Å². The van der Waals surface area contributed by atoms with Crippen molar-refractivity contribution in [3.05, 3.63) is 65.2 Å². The van der Waals surface area contributed by atoms with E-state index in [1.54, 1.807) is 12.1 Å². The maximum atomic E-state index is 12.0. The van der Waals surface area contributed by atoms with Crippen LogP contribution in [0.1, 0.15) is 27.9 Å². The van der Waals surface area contributed by atoms with Gasteiger partial charge in [0.2, 0.25) is 0 Å². The molecule has 0 atom stereocenters. The number of carboxylic acids is 1. The summed E-state index contributed by atoms with van der Waals surface area (Å²) in [5.41, 5.74) is 8.22. The van der Waals surface area contributed by atoms with Gasteiger partial charge in [0.05, 0.1) is 5.56 Å². The fraction of sp³-hybridized carbons (Fsp3) is 0.176. The molecule has 5 heteroatoms. The number of aryl methyl sites for hydroxylation is 1. The summed E-state index contributed by atoms with van der Waals surface area (Å²) in [5.74, 6) is -1.34. The first kappa shape index (κ1) is 15.6. The van der Waals surface area contributed by atoms with Gasteiger partial charge in [-0.15, -0.1) is 0 Å². The van der Waals surface area contributed by atoms with Crippen LogP contribution in [0.15, 0.2) is 48.5 Å². The van der Waals surface area contributed by atoms with Crippen molar-refractivity contribution in [1.82, 2.24) is 0 Å². The molecule has 0 heterocycles. The molecule has 114 valence electrons. The Bertz CT molecular complexity index is 668. The molecule has 3 N–H and O–H groups in total. The van der Waals surface area contributed by atoms with E-state index in [0.29, 0.717) is 23.2 Å². The smallest absolute Gasteiger partial charge is 0.338 e. The number of nitrogen functional groups attached to an aromatic ring is 1. The normalized spacial score (nSPS) is 10.2. The lowest BCUT2D eigenvalue weighted by molar-refractivity contribution is -0.136. The molecule has 0 aliphatic heterocycles. The standard InChI is InChI=1S/C17H17NO4/c18-15-10-14(7-6-13(15)8-9-16(19)20)17(21)22-11-12-4-2-1-3-5-12/h1-7,10H,8-9,11,18H2,(H,19,20). The van der Waals surface area contributed by atoms with E-state index in [-0.39, 0.29) is 13.0 Å². The molecule has 0 spiro atoms. The first-order valence-electron chi connectivity index (χ1n) is 6.87. The fourth-order valence-electron chi connectivity index (χ4n) is 2.00. The van der Waals surface area contributed by atoms with Crippen LogP contribution in [0.4, 0.5) is 5.69 Å². The van der Waals surface area contributed by atoms with Crippen molar-refractivity contribution in [2.45, 2.75) is 19.4 Å². The number of carbonyl (C=O) groups is 2. The zero-order valence-corrected chi connectivity index (χ0v) is 12.0. The molecular weight excluding hydrogens is 282 g/mol. The number of rotatable bonds is 6. The van der Waals surface area contributed by atoms with Crippen LogP contribution in [0.2, 0.25) is 0 Å². The van der Waals surface area contributed by atoms with Gasteiger partial charge in [-0.2, -0.15) is 0 Å². The van der Waals surface area contributed by atoms with Crippen LogP contribution in [0, 0.1) is 0 Å². The Kier molecular flexibility index (Phi) is 5.14. The molecule has 5 nitrogen and oxygen atoms in total. The molecule has 2 aromatic rings. The first-order valence-corrected chi connectivity index (χ1v) is 6.87. The van der Waals surface area contributed by atoms with E-state index in [2.05, 4.69) is 0 Å². The van der Waals surface area contributed by atoms with Gasteiger partial charge >= 0.3 is 11.9 Å². The molecule has 0 saturated heterocycles. The average molecular weight is 299 g/mol. The van der Waals surface area contributed by atoms with Crippen molar-refractivity contribution in [3.8, 4) is 0 Å². The third-order valence-electron chi connectivity index (χ3n) is 3.20. The third-order valence-corrected chi connectivity index (χ3v) is 3.20. The largest absolute Gasteiger partial charge is 0.481 e. The van der Waals surface area contributed by atoms with Crippen LogP contribution in [-0.2, 0) is 22.6 Å². The number of hydrogen-bond acceptors (Lipinski definition) is 4. The van der Waals surface area contributed by atoms with Gasteiger partial charge in [-0.3, -0.25) is 4.79 Å². The van der Waals surface area contributed by atoms with E-state index >= 15 is 0 Å². The second-order valence-electron chi connectivity index (χ2n) is 4.87. The van der Waals surface area contributed by atoms with Gasteiger partial charge in [-0.25, -0.2) is 4.79 Å². The van der Waals surface area contributed by atoms with Crippen LogP contribution in [0.25, 0.3) is 0 Å². The lowest BCUT2D eigenvalue weighted by Gasteiger charge is -2.08. The van der Waals surface area contributed by atoms with Crippen molar-refractivity contribution in [3.63, 3.8) is 0 Å². The topological polar surface area (TPSA) is 89.6 Å². The predicted octanol–water partition coefficient (Wildman–Crippen LogP) is 2.64. The highest BCUT2D eigenvalue weighted by Crippen LogP contribution is 2.17. The van der Waals surface area contributed by atoms with E-state index < -0.39 is 11.9 Å². The van der Waals surface area contributed by atoms with Crippen LogP contribution < -0.4 is 5.73 Å². The Morgan fingerprint density at radius 3 is 2.45 bits per heavy atom. The number of anilines is 1. The molecule has 0 aliphatic rings. The molecule has 0 fully saturated rings. The molecule has 0 saturated carbocycles. The summed E-state index contributed by atoms with van der Waals surface area (Å²) in [6, 6.07) is 14.2. The third kappa shape index (κ3) is 4.34. The van der Waals surface area contributed by atoms with Crippen LogP contribution in [0.5, 0.6) is 0 Å². The van der Waals surface area contributed by atoms with Gasteiger partial charge in [0.1, 0.15) is 6.61 Å². The second kappa shape index (κ2) is 7.26. The Hall–Kier alpha value is -2.82. The number of carboxylic acid groups (broad SMARTS) is 1. The molecule has 0 aromatic heterocycles. The number of aliphatic carboxylic acids is 1. The molecule has 2 aromatic carbocycles. The zero-order valence-electron chi connectivity index (χ0n) is 12.0. The Morgan fingerprint density at radius 2 is 1.82 bits per heavy atom. The van der Waals surface area contributed by atoms with Crippen LogP contribution in [0.3, 0.4) is 0 Å². The number of nitrogens with two attached hydrogens (primary N) is 1. The number of benzene rings is 2. The summed E-state index contributed by atoms with van der Waals surface area (Å²) in [6.07, 6.45) is 0.336. The lowest BCUT2D eigenvalue weighted by Crippen LogP contribution is -2.07. The number of ether oxygens (including phenoxy) is 1. The van der Waals surface area contributed by atoms with Crippen molar-refractivity contribution in [2.24, 2.45) is 0 Å². The van der Waals surface area contributed by atoms with E-state index in [0.717, 1.165) is 5.56 Å². The van der Waals surface area contributed by atoms with Crippen LogP contribution in [-0.4, -0.2) is 17.0 Å². The van der Waals surface area contributed by atoms with Crippen molar-refractivity contribution in [2.75, 3.05) is 5.73 Å². The Balaban J connectivity index is 1.98. The maximum Gasteiger partial charge on any atom is 0.338 e. The van der Waals surface area contributed by atoms with Gasteiger partial charge < -0.3 is 15.6 Å². The summed E-state index contributed by atoms with van der Waals surface area (Å²) >= 11 is 0. The fourth-order valence-corrected chi connectivity index (χ4v) is 2.00. The molecule has 0 radical (unpaired) electrons. The molecule has 0 amide bonds. The highest BCUT2D eigenvalue weighted by atomic mass is 16.5. The average Bonchev–Trinajstić information content (AvgIpc) is 2.52. The molecular formula is C17H17NO4. The van der Waals surface area contributed by atoms with Crippen LogP contribution >= 0.6 is 0 Å². The summed E-state index contributed by atoms with van der Waals surface area (Å²) in [7, 11) is 0. The molecule has 0 aliphatic carbocycles. The van der Waals surface area contributed by atoms with Crippen molar-refractivity contribution >= 4 is 17.6 Å². The van der Waals surface area contributed by atoms with E-state index in [1.807, 2.05) is 30.3 Å². The minimum Gasteiger partial charge on any atom is -0.481 e. The molecule has 0 unspecified atom stereocenters. The number of hydrogen-bond donors (Lipinski definition) is 2. The van der Waals surface area contributed by atoms with Crippen molar-refractivity contribution in [1.29, 1.82) is 0 Å². The number of esters is 1. The van der Waals surface area contributed by atoms with Gasteiger partial charge in [-0.05, 0) is 29.7 Å². The summed E-state index contributed by atoms with van der Waals surface area (Å²) in [5, 5.41) is 8.67.